The van der Waals surface area contributed by atoms with Crippen molar-refractivity contribution in [2.45, 2.75) is 31.3 Å². The topological polar surface area (TPSA) is 79.3 Å². The summed E-state index contributed by atoms with van der Waals surface area (Å²) in [6, 6.07) is 9.34. The lowest BCUT2D eigenvalue weighted by molar-refractivity contribution is -0.159. The lowest BCUT2D eigenvalue weighted by Crippen LogP contribution is -2.39. The van der Waals surface area contributed by atoms with E-state index in [4.69, 9.17) is 4.74 Å². The summed E-state index contributed by atoms with van der Waals surface area (Å²) < 4.78 is 9.94. The van der Waals surface area contributed by atoms with Gasteiger partial charge in [-0.1, -0.05) is 30.3 Å². The maximum atomic E-state index is 11.3. The second-order valence-electron chi connectivity index (χ2n) is 4.12. The average molecular weight is 252 g/mol. The SMILES string of the molecule is CCOC(=O)[C@H](O)[C@@H](O)[C@H]1O[C@@H]1c1ccccc1. The summed E-state index contributed by atoms with van der Waals surface area (Å²) in [6.07, 6.45) is -3.67. The van der Waals surface area contributed by atoms with E-state index in [0.29, 0.717) is 0 Å². The first-order chi connectivity index (χ1) is 8.65. The van der Waals surface area contributed by atoms with E-state index in [0.717, 1.165) is 5.56 Å². The third-order valence-corrected chi connectivity index (χ3v) is 2.84. The molecular weight excluding hydrogens is 236 g/mol. The van der Waals surface area contributed by atoms with E-state index in [1.54, 1.807) is 6.92 Å². The van der Waals surface area contributed by atoms with Gasteiger partial charge in [0.2, 0.25) is 0 Å². The molecule has 1 fully saturated rings. The first-order valence-corrected chi connectivity index (χ1v) is 5.88. The molecule has 98 valence electrons. The molecule has 1 aromatic carbocycles. The van der Waals surface area contributed by atoms with Crippen molar-refractivity contribution < 1.29 is 24.5 Å². The van der Waals surface area contributed by atoms with E-state index in [1.807, 2.05) is 30.3 Å². The van der Waals surface area contributed by atoms with Crippen molar-refractivity contribution in [3.05, 3.63) is 35.9 Å². The third kappa shape index (κ3) is 2.69. The predicted octanol–water partition coefficient (Wildman–Crippen LogP) is 0.411. The quantitative estimate of drug-likeness (QED) is 0.586. The molecule has 0 unspecified atom stereocenters. The highest BCUT2D eigenvalue weighted by atomic mass is 16.6. The standard InChI is InChI=1S/C13H16O5/c1-2-17-13(16)10(15)9(14)12-11(18-12)8-6-4-3-5-7-8/h3-7,9-12,14-15H,2H2,1H3/t9-,10-,11-,12-/m1/s1. The summed E-state index contributed by atoms with van der Waals surface area (Å²) >= 11 is 0. The van der Waals surface area contributed by atoms with Gasteiger partial charge < -0.3 is 19.7 Å². The number of aliphatic hydroxyl groups excluding tert-OH is 2. The molecule has 1 saturated heterocycles. The van der Waals surface area contributed by atoms with Crippen LogP contribution in [0.2, 0.25) is 0 Å². The summed E-state index contributed by atoms with van der Waals surface area (Å²) in [5, 5.41) is 19.4. The van der Waals surface area contributed by atoms with Crippen LogP contribution in [0.25, 0.3) is 0 Å². The molecule has 0 saturated carbocycles. The number of rotatable bonds is 5. The Bertz CT molecular complexity index is 405. The molecule has 1 aliphatic rings. The molecule has 2 rings (SSSR count). The van der Waals surface area contributed by atoms with Crippen LogP contribution in [0.5, 0.6) is 0 Å². The molecule has 0 spiro atoms. The number of ether oxygens (including phenoxy) is 2. The summed E-state index contributed by atoms with van der Waals surface area (Å²) in [4.78, 5) is 11.3. The molecule has 0 amide bonds. The highest BCUT2D eigenvalue weighted by Crippen LogP contribution is 2.41. The van der Waals surface area contributed by atoms with E-state index < -0.39 is 24.3 Å². The molecular formula is C13H16O5. The van der Waals surface area contributed by atoms with Crippen molar-refractivity contribution in [2.24, 2.45) is 0 Å². The Hall–Kier alpha value is -1.43. The van der Waals surface area contributed by atoms with E-state index in [2.05, 4.69) is 4.74 Å². The van der Waals surface area contributed by atoms with Gasteiger partial charge in [-0.05, 0) is 12.5 Å². The summed E-state index contributed by atoms with van der Waals surface area (Å²) in [6.45, 7) is 1.80. The Labute approximate surface area is 105 Å². The van der Waals surface area contributed by atoms with Crippen LogP contribution in [0.1, 0.15) is 18.6 Å². The maximum Gasteiger partial charge on any atom is 0.337 e. The smallest absolute Gasteiger partial charge is 0.337 e. The van der Waals surface area contributed by atoms with Gasteiger partial charge in [0, 0.05) is 0 Å². The van der Waals surface area contributed by atoms with Gasteiger partial charge in [-0.25, -0.2) is 4.79 Å². The fourth-order valence-corrected chi connectivity index (χ4v) is 1.84. The lowest BCUT2D eigenvalue weighted by atomic mass is 10.0. The number of epoxide rings is 1. The van der Waals surface area contributed by atoms with Crippen molar-refractivity contribution in [1.82, 2.24) is 0 Å². The number of hydrogen-bond donors (Lipinski definition) is 2. The summed E-state index contributed by atoms with van der Waals surface area (Å²) in [5.41, 5.74) is 0.914. The van der Waals surface area contributed by atoms with Gasteiger partial charge in [-0.3, -0.25) is 0 Å². The molecule has 18 heavy (non-hydrogen) atoms. The lowest BCUT2D eigenvalue weighted by Gasteiger charge is -2.14. The number of hydrogen-bond acceptors (Lipinski definition) is 5. The highest BCUT2D eigenvalue weighted by Gasteiger charge is 2.49. The van der Waals surface area contributed by atoms with Crippen LogP contribution >= 0.6 is 0 Å². The van der Waals surface area contributed by atoms with Crippen molar-refractivity contribution in [1.29, 1.82) is 0 Å². The van der Waals surface area contributed by atoms with E-state index >= 15 is 0 Å². The minimum atomic E-state index is -1.57. The molecule has 5 heteroatoms. The fraction of sp³-hybridized carbons (Fsp3) is 0.462. The van der Waals surface area contributed by atoms with Crippen molar-refractivity contribution in [3.8, 4) is 0 Å². The van der Waals surface area contributed by atoms with Gasteiger partial charge in [-0.15, -0.1) is 0 Å². The van der Waals surface area contributed by atoms with Gasteiger partial charge in [0.1, 0.15) is 18.3 Å². The van der Waals surface area contributed by atoms with Crippen LogP contribution in [0.3, 0.4) is 0 Å². The highest BCUT2D eigenvalue weighted by molar-refractivity contribution is 5.75. The van der Waals surface area contributed by atoms with E-state index in [9.17, 15) is 15.0 Å². The largest absolute Gasteiger partial charge is 0.464 e. The molecule has 2 N–H and O–H groups in total. The van der Waals surface area contributed by atoms with Crippen LogP contribution in [-0.4, -0.2) is 41.1 Å². The minimum Gasteiger partial charge on any atom is -0.464 e. The van der Waals surface area contributed by atoms with Gasteiger partial charge in [-0.2, -0.15) is 0 Å². The molecule has 1 aromatic rings. The maximum absolute atomic E-state index is 11.3. The van der Waals surface area contributed by atoms with Crippen molar-refractivity contribution in [3.63, 3.8) is 0 Å². The second kappa shape index (κ2) is 5.48. The van der Waals surface area contributed by atoms with Crippen LogP contribution in [-0.2, 0) is 14.3 Å². The number of benzene rings is 1. The zero-order valence-electron chi connectivity index (χ0n) is 10.0. The minimum absolute atomic E-state index is 0.163. The molecule has 0 aliphatic carbocycles. The monoisotopic (exact) mass is 252 g/mol. The van der Waals surface area contributed by atoms with Crippen LogP contribution in [0, 0.1) is 0 Å². The summed E-state index contributed by atoms with van der Waals surface area (Å²) in [5.74, 6) is -0.827. The Morgan fingerprint density at radius 2 is 2.06 bits per heavy atom. The molecule has 5 nitrogen and oxygen atoms in total. The van der Waals surface area contributed by atoms with Gasteiger partial charge in [0.15, 0.2) is 6.10 Å². The Morgan fingerprint density at radius 3 is 2.67 bits per heavy atom. The first kappa shape index (κ1) is 13.0. The molecule has 0 aromatic heterocycles. The first-order valence-electron chi connectivity index (χ1n) is 5.88. The normalized spacial score (nSPS) is 25.3. The zero-order valence-corrected chi connectivity index (χ0v) is 10.0. The van der Waals surface area contributed by atoms with E-state index in [-0.39, 0.29) is 12.7 Å². The fourth-order valence-electron chi connectivity index (χ4n) is 1.84. The predicted molar refractivity (Wildman–Crippen MR) is 62.7 cm³/mol. The number of esters is 1. The van der Waals surface area contributed by atoms with Gasteiger partial charge in [0.05, 0.1) is 6.61 Å². The Kier molecular flexibility index (Phi) is 3.96. The Balaban J connectivity index is 1.93. The molecule has 0 bridgehead atoms. The van der Waals surface area contributed by atoms with Crippen LogP contribution in [0.4, 0.5) is 0 Å². The molecule has 4 atom stereocenters. The van der Waals surface area contributed by atoms with E-state index in [1.165, 1.54) is 0 Å². The van der Waals surface area contributed by atoms with Gasteiger partial charge in [0.25, 0.3) is 0 Å². The number of carbonyl (C=O) groups is 1. The van der Waals surface area contributed by atoms with Crippen LogP contribution < -0.4 is 0 Å². The third-order valence-electron chi connectivity index (χ3n) is 2.84. The van der Waals surface area contributed by atoms with Crippen molar-refractivity contribution in [2.75, 3.05) is 6.61 Å². The molecule has 1 heterocycles. The zero-order chi connectivity index (χ0) is 13.1. The second-order valence-corrected chi connectivity index (χ2v) is 4.12. The average Bonchev–Trinajstić information content (AvgIpc) is 3.18. The van der Waals surface area contributed by atoms with Crippen molar-refractivity contribution >= 4 is 5.97 Å². The van der Waals surface area contributed by atoms with Crippen LogP contribution in [0.15, 0.2) is 30.3 Å². The number of aliphatic hydroxyl groups is 2. The molecule has 1 aliphatic heterocycles. The summed E-state index contributed by atoms with van der Waals surface area (Å²) in [7, 11) is 0. The van der Waals surface area contributed by atoms with Gasteiger partial charge >= 0.3 is 5.97 Å². The Morgan fingerprint density at radius 1 is 1.39 bits per heavy atom. The number of carbonyl (C=O) groups excluding carboxylic acids is 1. The molecule has 0 radical (unpaired) electrons.